The number of ketones is 1. The molecule has 0 unspecified atom stereocenters. The summed E-state index contributed by atoms with van der Waals surface area (Å²) in [6.07, 6.45) is 0.432. The summed E-state index contributed by atoms with van der Waals surface area (Å²) >= 11 is 5.87. The second-order valence-corrected chi connectivity index (χ2v) is 7.23. The van der Waals surface area contributed by atoms with Gasteiger partial charge < -0.3 is 4.98 Å². The number of aromatic nitrogens is 4. The van der Waals surface area contributed by atoms with Gasteiger partial charge in [0.05, 0.1) is 0 Å². The van der Waals surface area contributed by atoms with Crippen LogP contribution in [0.5, 0.6) is 0 Å². The molecule has 0 atom stereocenters. The van der Waals surface area contributed by atoms with Gasteiger partial charge in [-0.3, -0.25) is 18.7 Å². The van der Waals surface area contributed by atoms with Crippen molar-refractivity contribution in [3.05, 3.63) is 96.9 Å². The molecule has 2 aromatic heterocycles. The predicted octanol–water partition coefficient (Wildman–Crippen LogP) is 2.44. The molecule has 1 N–H and O–H groups in total. The Kier molecular flexibility index (Phi) is 4.68. The fraction of sp³-hybridized carbons (Fsp3) is 0.143. The van der Waals surface area contributed by atoms with E-state index < -0.39 is 11.2 Å². The lowest BCUT2D eigenvalue weighted by Crippen LogP contribution is -2.36. The van der Waals surface area contributed by atoms with Gasteiger partial charge in [0.15, 0.2) is 11.4 Å². The summed E-state index contributed by atoms with van der Waals surface area (Å²) in [5, 5.41) is 0.579. The van der Waals surface area contributed by atoms with Gasteiger partial charge in [-0.1, -0.05) is 35.9 Å². The normalized spacial score (nSPS) is 11.1. The molecule has 0 aliphatic carbocycles. The van der Waals surface area contributed by atoms with Crippen LogP contribution in [0.1, 0.15) is 27.3 Å². The number of hydrogen-bond donors (Lipinski definition) is 1. The molecule has 0 saturated carbocycles. The first-order chi connectivity index (χ1) is 13.8. The summed E-state index contributed by atoms with van der Waals surface area (Å²) < 4.78 is 2.38. The number of aromatic amines is 1. The first-order valence-electron chi connectivity index (χ1n) is 8.89. The Balaban J connectivity index is 1.61. The lowest BCUT2D eigenvalue weighted by Gasteiger charge is -2.03. The Morgan fingerprint density at radius 3 is 2.17 bits per heavy atom. The van der Waals surface area contributed by atoms with Gasteiger partial charge in [0.25, 0.3) is 5.56 Å². The molecule has 8 heteroatoms. The summed E-state index contributed by atoms with van der Waals surface area (Å²) in [4.78, 5) is 44.3. The SMILES string of the molecule is Cn1c(=O)c2[nH]c(Cc3ccc(C(=O)c4ccc(Cl)cc4)cc3)nc2n(C)c1=O. The van der Waals surface area contributed by atoms with Crippen LogP contribution in [0.2, 0.25) is 5.02 Å². The third-order valence-electron chi connectivity index (χ3n) is 4.84. The van der Waals surface area contributed by atoms with Crippen molar-refractivity contribution in [2.75, 3.05) is 0 Å². The Morgan fingerprint density at radius 2 is 1.55 bits per heavy atom. The largest absolute Gasteiger partial charge is 0.336 e. The number of H-pyrrole nitrogens is 1. The average Bonchev–Trinajstić information content (AvgIpc) is 3.15. The molecule has 0 spiro atoms. The first-order valence-corrected chi connectivity index (χ1v) is 9.27. The molecule has 0 radical (unpaired) electrons. The van der Waals surface area contributed by atoms with Gasteiger partial charge in [-0.25, -0.2) is 9.78 Å². The summed E-state index contributed by atoms with van der Waals surface area (Å²) in [6.45, 7) is 0. The molecule has 2 heterocycles. The summed E-state index contributed by atoms with van der Waals surface area (Å²) in [5.41, 5.74) is 1.82. The lowest BCUT2D eigenvalue weighted by molar-refractivity contribution is 0.103. The van der Waals surface area contributed by atoms with E-state index in [2.05, 4.69) is 9.97 Å². The van der Waals surface area contributed by atoms with Gasteiger partial charge >= 0.3 is 5.69 Å². The molecule has 0 amide bonds. The van der Waals surface area contributed by atoms with Gasteiger partial charge in [0, 0.05) is 36.7 Å². The number of carbonyl (C=O) groups excluding carboxylic acids is 1. The van der Waals surface area contributed by atoms with Crippen LogP contribution in [0, 0.1) is 0 Å². The fourth-order valence-electron chi connectivity index (χ4n) is 3.19. The zero-order valence-corrected chi connectivity index (χ0v) is 16.5. The van der Waals surface area contributed by atoms with Crippen LogP contribution in [0.25, 0.3) is 11.2 Å². The van der Waals surface area contributed by atoms with Gasteiger partial charge in [-0.15, -0.1) is 0 Å². The van der Waals surface area contributed by atoms with Crippen molar-refractivity contribution in [1.82, 2.24) is 19.1 Å². The smallest absolute Gasteiger partial charge is 0.332 e. The second-order valence-electron chi connectivity index (χ2n) is 6.80. The topological polar surface area (TPSA) is 89.8 Å². The van der Waals surface area contributed by atoms with E-state index in [9.17, 15) is 14.4 Å². The van der Waals surface area contributed by atoms with E-state index in [1.54, 1.807) is 43.4 Å². The molecular weight excluding hydrogens is 392 g/mol. The van der Waals surface area contributed by atoms with Crippen molar-refractivity contribution in [2.45, 2.75) is 6.42 Å². The molecular formula is C21H17ClN4O3. The Labute approximate surface area is 170 Å². The quantitative estimate of drug-likeness (QED) is 0.525. The van der Waals surface area contributed by atoms with E-state index in [0.717, 1.165) is 10.1 Å². The standard InChI is InChI=1S/C21H17ClN4O3/c1-25-19-17(20(28)26(2)21(25)29)23-16(24-19)11-12-3-5-13(6-4-12)18(27)14-7-9-15(22)10-8-14/h3-10H,11H2,1-2H3,(H,23,24). The van der Waals surface area contributed by atoms with Crippen molar-refractivity contribution in [3.63, 3.8) is 0 Å². The third-order valence-corrected chi connectivity index (χ3v) is 5.09. The maximum Gasteiger partial charge on any atom is 0.332 e. The number of imidazole rings is 1. The zero-order chi connectivity index (χ0) is 20.7. The number of rotatable bonds is 4. The highest BCUT2D eigenvalue weighted by Crippen LogP contribution is 2.16. The van der Waals surface area contributed by atoms with E-state index in [4.69, 9.17) is 11.6 Å². The van der Waals surface area contributed by atoms with Gasteiger partial charge in [-0.05, 0) is 29.8 Å². The average molecular weight is 409 g/mol. The molecule has 0 aliphatic heterocycles. The Bertz CT molecular complexity index is 1350. The molecule has 7 nitrogen and oxygen atoms in total. The number of aryl methyl sites for hydroxylation is 1. The van der Waals surface area contributed by atoms with Crippen LogP contribution >= 0.6 is 11.6 Å². The number of nitrogens with one attached hydrogen (secondary N) is 1. The second kappa shape index (κ2) is 7.18. The van der Waals surface area contributed by atoms with Crippen molar-refractivity contribution in [1.29, 1.82) is 0 Å². The molecule has 29 heavy (non-hydrogen) atoms. The number of nitrogens with zero attached hydrogens (tertiary/aromatic N) is 3. The molecule has 0 bridgehead atoms. The maximum absolute atomic E-state index is 12.6. The number of hydrogen-bond acceptors (Lipinski definition) is 4. The van der Waals surface area contributed by atoms with E-state index in [1.807, 2.05) is 12.1 Å². The predicted molar refractivity (Wildman–Crippen MR) is 111 cm³/mol. The lowest BCUT2D eigenvalue weighted by atomic mass is 10.0. The van der Waals surface area contributed by atoms with E-state index in [-0.39, 0.29) is 5.78 Å². The van der Waals surface area contributed by atoms with Crippen molar-refractivity contribution >= 4 is 28.5 Å². The maximum atomic E-state index is 12.6. The highest BCUT2D eigenvalue weighted by Gasteiger charge is 2.14. The number of fused-ring (bicyclic) bond motifs is 1. The Morgan fingerprint density at radius 1 is 0.966 bits per heavy atom. The first kappa shape index (κ1) is 18.9. The van der Waals surface area contributed by atoms with Crippen LogP contribution in [-0.4, -0.2) is 24.9 Å². The minimum atomic E-state index is -0.425. The molecule has 0 fully saturated rings. The van der Waals surface area contributed by atoms with Gasteiger partial charge in [0.1, 0.15) is 11.3 Å². The van der Waals surface area contributed by atoms with Crippen LogP contribution in [-0.2, 0) is 20.5 Å². The fourth-order valence-corrected chi connectivity index (χ4v) is 3.32. The number of benzene rings is 2. The monoisotopic (exact) mass is 408 g/mol. The summed E-state index contributed by atoms with van der Waals surface area (Å²) in [5.74, 6) is 0.477. The Hall–Kier alpha value is -3.45. The minimum Gasteiger partial charge on any atom is -0.336 e. The van der Waals surface area contributed by atoms with Crippen molar-refractivity contribution < 1.29 is 4.79 Å². The molecule has 4 aromatic rings. The van der Waals surface area contributed by atoms with Crippen molar-refractivity contribution in [2.24, 2.45) is 14.1 Å². The van der Waals surface area contributed by atoms with Crippen LogP contribution in [0.4, 0.5) is 0 Å². The number of halogens is 1. The number of carbonyl (C=O) groups is 1. The van der Waals surface area contributed by atoms with Crippen LogP contribution < -0.4 is 11.2 Å². The highest BCUT2D eigenvalue weighted by molar-refractivity contribution is 6.30. The van der Waals surface area contributed by atoms with Gasteiger partial charge in [0.2, 0.25) is 0 Å². The molecule has 0 saturated heterocycles. The third kappa shape index (κ3) is 3.40. The van der Waals surface area contributed by atoms with E-state index >= 15 is 0 Å². The molecule has 146 valence electrons. The summed E-state index contributed by atoms with van der Waals surface area (Å²) in [7, 11) is 3.01. The van der Waals surface area contributed by atoms with E-state index in [1.165, 1.54) is 11.6 Å². The molecule has 0 aliphatic rings. The van der Waals surface area contributed by atoms with E-state index in [0.29, 0.717) is 39.6 Å². The molecule has 4 rings (SSSR count). The summed E-state index contributed by atoms with van der Waals surface area (Å²) in [6, 6.07) is 13.9. The molecule has 2 aromatic carbocycles. The van der Waals surface area contributed by atoms with Crippen LogP contribution in [0.15, 0.2) is 58.1 Å². The highest BCUT2D eigenvalue weighted by atomic mass is 35.5. The van der Waals surface area contributed by atoms with Crippen LogP contribution in [0.3, 0.4) is 0 Å². The zero-order valence-electron chi connectivity index (χ0n) is 15.8. The minimum absolute atomic E-state index is 0.0875. The van der Waals surface area contributed by atoms with Crippen molar-refractivity contribution in [3.8, 4) is 0 Å². The van der Waals surface area contributed by atoms with Gasteiger partial charge in [-0.2, -0.15) is 0 Å².